The van der Waals surface area contributed by atoms with Gasteiger partial charge >= 0.3 is 0 Å². The Hall–Kier alpha value is -1.91. The number of guanidine groups is 1. The third kappa shape index (κ3) is 8.55. The number of amides is 1. The maximum Gasteiger partial charge on any atom is 0.225 e. The van der Waals surface area contributed by atoms with Crippen LogP contribution in [0.5, 0.6) is 0 Å². The van der Waals surface area contributed by atoms with E-state index in [9.17, 15) is 4.79 Å². The fraction of sp³-hybridized carbons (Fsp3) is 0.600. The van der Waals surface area contributed by atoms with Crippen LogP contribution in [0.1, 0.15) is 26.2 Å². The number of anilines is 1. The lowest BCUT2D eigenvalue weighted by atomic mass is 10.3. The highest BCUT2D eigenvalue weighted by atomic mass is 127. The molecule has 1 aromatic rings. The highest BCUT2D eigenvalue weighted by molar-refractivity contribution is 14.0. The summed E-state index contributed by atoms with van der Waals surface area (Å²) in [7, 11) is 2.03. The first-order valence-electron chi connectivity index (χ1n) is 10.1. The highest BCUT2D eigenvalue weighted by Gasteiger charge is 2.22. The molecule has 162 valence electrons. The van der Waals surface area contributed by atoms with Gasteiger partial charge in [-0.2, -0.15) is 0 Å². The van der Waals surface area contributed by atoms with Gasteiger partial charge in [-0.05, 0) is 25.8 Å². The van der Waals surface area contributed by atoms with Gasteiger partial charge in [0, 0.05) is 65.1 Å². The number of allylic oxidation sites excluding steroid dienone is 1. The van der Waals surface area contributed by atoms with Gasteiger partial charge in [-0.15, -0.1) is 30.6 Å². The zero-order valence-corrected chi connectivity index (χ0v) is 19.9. The van der Waals surface area contributed by atoms with Crippen molar-refractivity contribution in [2.45, 2.75) is 26.2 Å². The fourth-order valence-electron chi connectivity index (χ4n) is 3.07. The van der Waals surface area contributed by atoms with Gasteiger partial charge in [0.2, 0.25) is 11.9 Å². The molecule has 0 bridgehead atoms. The Morgan fingerprint density at radius 2 is 2.00 bits per heavy atom. The van der Waals surface area contributed by atoms with E-state index in [1.54, 1.807) is 12.4 Å². The summed E-state index contributed by atoms with van der Waals surface area (Å²) in [5, 5.41) is 3.29. The van der Waals surface area contributed by atoms with Gasteiger partial charge in [-0.1, -0.05) is 6.08 Å². The van der Waals surface area contributed by atoms with Crippen LogP contribution < -0.4 is 10.2 Å². The fourth-order valence-corrected chi connectivity index (χ4v) is 3.07. The zero-order chi connectivity index (χ0) is 20.2. The summed E-state index contributed by atoms with van der Waals surface area (Å²) in [6, 6.07) is 1.81. The van der Waals surface area contributed by atoms with Crippen molar-refractivity contribution in [2.24, 2.45) is 4.99 Å². The van der Waals surface area contributed by atoms with Crippen molar-refractivity contribution >= 4 is 41.8 Å². The normalized spacial score (nSPS) is 14.2. The second-order valence-corrected chi connectivity index (χ2v) is 6.75. The summed E-state index contributed by atoms with van der Waals surface area (Å²) in [5.74, 6) is 1.74. The molecule has 2 rings (SSSR count). The number of nitrogens with zero attached hydrogens (tertiary/aromatic N) is 6. The number of carbonyl (C=O) groups is 1. The van der Waals surface area contributed by atoms with Crippen LogP contribution in [-0.4, -0.2) is 84.5 Å². The Labute approximate surface area is 191 Å². The number of halogens is 1. The van der Waals surface area contributed by atoms with E-state index in [-0.39, 0.29) is 29.9 Å². The lowest BCUT2D eigenvalue weighted by Crippen LogP contribution is -2.49. The lowest BCUT2D eigenvalue weighted by molar-refractivity contribution is -0.131. The second kappa shape index (κ2) is 14.1. The van der Waals surface area contributed by atoms with E-state index in [1.807, 2.05) is 31.0 Å². The summed E-state index contributed by atoms with van der Waals surface area (Å²) < 4.78 is 0. The molecule has 1 N–H and O–H groups in total. The van der Waals surface area contributed by atoms with Crippen LogP contribution in [0.3, 0.4) is 0 Å². The minimum atomic E-state index is 0. The Bertz CT molecular complexity index is 633. The van der Waals surface area contributed by atoms with Crippen LogP contribution >= 0.6 is 24.0 Å². The molecule has 0 radical (unpaired) electrons. The third-order valence-electron chi connectivity index (χ3n) is 4.65. The van der Waals surface area contributed by atoms with Crippen LogP contribution in [0.15, 0.2) is 36.1 Å². The number of nitrogens with one attached hydrogen (secondary N) is 1. The molecule has 1 fully saturated rings. The number of carbonyl (C=O) groups excluding carboxylic acids is 1. The topological polar surface area (TPSA) is 77.0 Å². The number of piperazine rings is 1. The van der Waals surface area contributed by atoms with Gasteiger partial charge < -0.3 is 20.0 Å². The summed E-state index contributed by atoms with van der Waals surface area (Å²) in [5.41, 5.74) is 0. The van der Waals surface area contributed by atoms with E-state index < -0.39 is 0 Å². The van der Waals surface area contributed by atoms with Gasteiger partial charge in [-0.25, -0.2) is 9.97 Å². The summed E-state index contributed by atoms with van der Waals surface area (Å²) in [4.78, 5) is 31.8. The monoisotopic (exact) mass is 515 g/mol. The lowest BCUT2D eigenvalue weighted by Gasteiger charge is -2.34. The van der Waals surface area contributed by atoms with Crippen molar-refractivity contribution in [3.63, 3.8) is 0 Å². The maximum atomic E-state index is 12.5. The number of aliphatic imine (C=N–C) groups is 1. The Kier molecular flexibility index (Phi) is 12.2. The summed E-state index contributed by atoms with van der Waals surface area (Å²) in [6.45, 7) is 10.9. The molecule has 0 saturated carbocycles. The molecular formula is C20H34IN7O. The molecule has 1 saturated heterocycles. The molecule has 0 aromatic carbocycles. The molecule has 1 aliphatic heterocycles. The van der Waals surface area contributed by atoms with Crippen molar-refractivity contribution < 1.29 is 4.79 Å². The number of rotatable bonds is 9. The van der Waals surface area contributed by atoms with Crippen molar-refractivity contribution in [1.82, 2.24) is 25.1 Å². The first-order valence-corrected chi connectivity index (χ1v) is 10.1. The molecule has 1 aliphatic rings. The molecule has 0 unspecified atom stereocenters. The second-order valence-electron chi connectivity index (χ2n) is 6.75. The molecule has 1 amide bonds. The number of aromatic nitrogens is 2. The highest BCUT2D eigenvalue weighted by Crippen LogP contribution is 2.10. The van der Waals surface area contributed by atoms with Gasteiger partial charge in [0.05, 0.1) is 6.54 Å². The van der Waals surface area contributed by atoms with Crippen molar-refractivity contribution in [1.29, 1.82) is 0 Å². The summed E-state index contributed by atoms with van der Waals surface area (Å²) in [6.07, 6.45) is 7.88. The van der Waals surface area contributed by atoms with Crippen LogP contribution in [0.4, 0.5) is 5.95 Å². The molecule has 9 heteroatoms. The SMILES string of the molecule is C=CCCCN(C)C(=NCCC(=O)N1CCN(c2ncccn2)CC1)NCC.I. The maximum absolute atomic E-state index is 12.5. The average Bonchev–Trinajstić information content (AvgIpc) is 2.74. The zero-order valence-electron chi connectivity index (χ0n) is 17.6. The molecule has 0 atom stereocenters. The van der Waals surface area contributed by atoms with E-state index in [0.717, 1.165) is 50.9 Å². The van der Waals surface area contributed by atoms with Gasteiger partial charge in [0.15, 0.2) is 5.96 Å². The van der Waals surface area contributed by atoms with E-state index in [2.05, 4.69) is 36.7 Å². The van der Waals surface area contributed by atoms with E-state index in [0.29, 0.717) is 26.1 Å². The van der Waals surface area contributed by atoms with Crippen molar-refractivity contribution in [3.8, 4) is 0 Å². The van der Waals surface area contributed by atoms with E-state index >= 15 is 0 Å². The molecular weight excluding hydrogens is 481 g/mol. The predicted octanol–water partition coefficient (Wildman–Crippen LogP) is 2.00. The van der Waals surface area contributed by atoms with Gasteiger partial charge in [0.1, 0.15) is 0 Å². The molecule has 29 heavy (non-hydrogen) atoms. The minimum absolute atomic E-state index is 0. The molecule has 1 aromatic heterocycles. The van der Waals surface area contributed by atoms with E-state index in [1.165, 1.54) is 0 Å². The van der Waals surface area contributed by atoms with Crippen molar-refractivity contribution in [2.75, 3.05) is 57.8 Å². The van der Waals surface area contributed by atoms with Crippen LogP contribution in [0.2, 0.25) is 0 Å². The molecule has 0 spiro atoms. The number of hydrogen-bond acceptors (Lipinski definition) is 5. The van der Waals surface area contributed by atoms with Crippen LogP contribution in [0, 0.1) is 0 Å². The number of hydrogen-bond donors (Lipinski definition) is 1. The Morgan fingerprint density at radius 3 is 2.62 bits per heavy atom. The molecule has 2 heterocycles. The Balaban J connectivity index is 0.00000420. The third-order valence-corrected chi connectivity index (χ3v) is 4.65. The van der Waals surface area contributed by atoms with Crippen molar-refractivity contribution in [3.05, 3.63) is 31.1 Å². The standard InChI is InChI=1S/C20H33N7O.HI/c1-4-6-7-13-25(3)19(21-5-2)24-12-9-18(28)26-14-16-27(17-15-26)20-22-10-8-11-23-20;/h4,8,10-11H,1,5-7,9,12-17H2,2-3H3,(H,21,24);1H. The van der Waals surface area contributed by atoms with E-state index in [4.69, 9.17) is 0 Å². The van der Waals surface area contributed by atoms with Gasteiger partial charge in [0.25, 0.3) is 0 Å². The first kappa shape index (κ1) is 25.1. The molecule has 0 aliphatic carbocycles. The first-order chi connectivity index (χ1) is 13.7. The largest absolute Gasteiger partial charge is 0.357 e. The number of unbranched alkanes of at least 4 members (excludes halogenated alkanes) is 1. The minimum Gasteiger partial charge on any atom is -0.357 e. The Morgan fingerprint density at radius 1 is 1.31 bits per heavy atom. The van der Waals surface area contributed by atoms with Crippen LogP contribution in [-0.2, 0) is 4.79 Å². The van der Waals surface area contributed by atoms with Gasteiger partial charge in [-0.3, -0.25) is 9.79 Å². The quantitative estimate of drug-likeness (QED) is 0.178. The smallest absolute Gasteiger partial charge is 0.225 e. The summed E-state index contributed by atoms with van der Waals surface area (Å²) >= 11 is 0. The average molecular weight is 515 g/mol. The molecule has 8 nitrogen and oxygen atoms in total. The predicted molar refractivity (Wildman–Crippen MR) is 129 cm³/mol. The van der Waals surface area contributed by atoms with Crippen LogP contribution in [0.25, 0.3) is 0 Å².